The van der Waals surface area contributed by atoms with E-state index in [1.807, 2.05) is 41.3 Å². The minimum Gasteiger partial charge on any atom is -0.496 e. The molecule has 0 spiro atoms. The predicted molar refractivity (Wildman–Crippen MR) is 133 cm³/mol. The molecule has 3 aromatic rings. The van der Waals surface area contributed by atoms with Gasteiger partial charge in [-0.15, -0.1) is 0 Å². The molecular formula is C28H31N3O2. The van der Waals surface area contributed by atoms with Crippen molar-refractivity contribution in [1.29, 1.82) is 0 Å². The van der Waals surface area contributed by atoms with Crippen LogP contribution in [-0.4, -0.2) is 37.6 Å². The Balaban J connectivity index is 1.19. The summed E-state index contributed by atoms with van der Waals surface area (Å²) in [5.74, 6) is 1.61. The second kappa shape index (κ2) is 9.28. The molecule has 3 aromatic carbocycles. The lowest BCUT2D eigenvalue weighted by Crippen LogP contribution is -2.32. The average molecular weight is 442 g/mol. The van der Waals surface area contributed by atoms with Crippen LogP contribution in [0.15, 0.2) is 66.7 Å². The van der Waals surface area contributed by atoms with Crippen molar-refractivity contribution in [2.45, 2.75) is 31.7 Å². The van der Waals surface area contributed by atoms with Crippen LogP contribution in [0.5, 0.6) is 5.75 Å². The van der Waals surface area contributed by atoms with Crippen molar-refractivity contribution in [3.05, 3.63) is 89.0 Å². The van der Waals surface area contributed by atoms with E-state index in [9.17, 15) is 4.79 Å². The van der Waals surface area contributed by atoms with Crippen LogP contribution in [0.4, 0.5) is 11.4 Å². The van der Waals surface area contributed by atoms with Crippen LogP contribution < -0.4 is 15.4 Å². The summed E-state index contributed by atoms with van der Waals surface area (Å²) >= 11 is 0. The second-order valence-corrected chi connectivity index (χ2v) is 9.08. The third kappa shape index (κ3) is 4.46. The van der Waals surface area contributed by atoms with Crippen LogP contribution in [0.3, 0.4) is 0 Å². The number of ether oxygens (including phenoxy) is 1. The summed E-state index contributed by atoms with van der Waals surface area (Å²) in [5, 5.41) is 0. The molecule has 5 nitrogen and oxygen atoms in total. The number of carbonyl (C=O) groups is 1. The fourth-order valence-electron chi connectivity index (χ4n) is 5.21. The largest absolute Gasteiger partial charge is 0.496 e. The zero-order chi connectivity index (χ0) is 22.8. The number of hydrogen-bond donors (Lipinski definition) is 1. The van der Waals surface area contributed by atoms with Crippen molar-refractivity contribution in [3.8, 4) is 5.75 Å². The molecule has 0 radical (unpaired) electrons. The number of amides is 1. The van der Waals surface area contributed by atoms with Gasteiger partial charge in [0.1, 0.15) is 5.75 Å². The minimum atomic E-state index is 0.0581. The lowest BCUT2D eigenvalue weighted by Gasteiger charge is -2.32. The van der Waals surface area contributed by atoms with Gasteiger partial charge < -0.3 is 15.4 Å². The number of anilines is 2. The van der Waals surface area contributed by atoms with E-state index in [-0.39, 0.29) is 5.91 Å². The summed E-state index contributed by atoms with van der Waals surface area (Å²) < 4.78 is 5.56. The molecular weight excluding hydrogens is 410 g/mol. The van der Waals surface area contributed by atoms with Crippen molar-refractivity contribution in [2.24, 2.45) is 0 Å². The molecule has 33 heavy (non-hydrogen) atoms. The van der Waals surface area contributed by atoms with E-state index < -0.39 is 0 Å². The van der Waals surface area contributed by atoms with E-state index >= 15 is 0 Å². The molecule has 0 bridgehead atoms. The van der Waals surface area contributed by atoms with Crippen molar-refractivity contribution in [3.63, 3.8) is 0 Å². The second-order valence-electron chi connectivity index (χ2n) is 9.08. The maximum absolute atomic E-state index is 13.1. The lowest BCUT2D eigenvalue weighted by molar-refractivity contribution is 0.0989. The molecule has 0 unspecified atom stereocenters. The van der Waals surface area contributed by atoms with Gasteiger partial charge >= 0.3 is 0 Å². The number of benzene rings is 3. The number of nitrogens with zero attached hydrogens (tertiary/aromatic N) is 2. The summed E-state index contributed by atoms with van der Waals surface area (Å²) in [4.78, 5) is 17.5. The first-order valence-corrected chi connectivity index (χ1v) is 11.8. The Kier molecular flexibility index (Phi) is 6.05. The van der Waals surface area contributed by atoms with Crippen LogP contribution in [-0.2, 0) is 13.0 Å². The van der Waals surface area contributed by atoms with Gasteiger partial charge in [0.2, 0.25) is 0 Å². The maximum Gasteiger partial charge on any atom is 0.258 e. The number of hydrogen-bond acceptors (Lipinski definition) is 4. The Morgan fingerprint density at radius 2 is 1.76 bits per heavy atom. The number of rotatable bonds is 5. The molecule has 0 atom stereocenters. The van der Waals surface area contributed by atoms with Crippen molar-refractivity contribution in [2.75, 3.05) is 37.4 Å². The summed E-state index contributed by atoms with van der Waals surface area (Å²) in [5.41, 5.74) is 12.1. The van der Waals surface area contributed by atoms with Gasteiger partial charge in [-0.3, -0.25) is 9.69 Å². The molecule has 5 heteroatoms. The Morgan fingerprint density at radius 3 is 2.52 bits per heavy atom. The summed E-state index contributed by atoms with van der Waals surface area (Å²) in [6, 6.07) is 22.3. The number of likely N-dealkylation sites (tertiary alicyclic amines) is 1. The van der Waals surface area contributed by atoms with Crippen molar-refractivity contribution >= 4 is 17.3 Å². The maximum atomic E-state index is 13.1. The molecule has 0 aromatic heterocycles. The number of piperidine rings is 1. The van der Waals surface area contributed by atoms with Crippen molar-refractivity contribution < 1.29 is 9.53 Å². The number of fused-ring (bicyclic) bond motifs is 1. The number of para-hydroxylation sites is 1. The topological polar surface area (TPSA) is 58.8 Å². The van der Waals surface area contributed by atoms with E-state index in [0.717, 1.165) is 67.1 Å². The fourth-order valence-corrected chi connectivity index (χ4v) is 5.21. The van der Waals surface area contributed by atoms with Crippen LogP contribution in [0.1, 0.15) is 45.8 Å². The van der Waals surface area contributed by atoms with Crippen LogP contribution in [0, 0.1) is 0 Å². The number of carbonyl (C=O) groups excluding carboxylic acids is 1. The highest BCUT2D eigenvalue weighted by Crippen LogP contribution is 2.34. The van der Waals surface area contributed by atoms with Gasteiger partial charge in [0.25, 0.3) is 5.91 Å². The van der Waals surface area contributed by atoms with Gasteiger partial charge in [-0.05, 0) is 91.4 Å². The molecule has 2 aliphatic rings. The molecule has 5 rings (SSSR count). The highest BCUT2D eigenvalue weighted by Gasteiger charge is 2.26. The number of nitrogens with two attached hydrogens (primary N) is 1. The highest BCUT2D eigenvalue weighted by molar-refractivity contribution is 6.07. The van der Waals surface area contributed by atoms with E-state index in [4.69, 9.17) is 10.5 Å². The van der Waals surface area contributed by atoms with Crippen LogP contribution >= 0.6 is 0 Å². The van der Waals surface area contributed by atoms with Gasteiger partial charge in [0.05, 0.1) is 7.11 Å². The predicted octanol–water partition coefficient (Wildman–Crippen LogP) is 4.86. The van der Waals surface area contributed by atoms with Crippen LogP contribution in [0.25, 0.3) is 0 Å². The van der Waals surface area contributed by atoms with E-state index in [1.165, 1.54) is 11.1 Å². The molecule has 2 heterocycles. The Morgan fingerprint density at radius 1 is 1.00 bits per heavy atom. The minimum absolute atomic E-state index is 0.0581. The summed E-state index contributed by atoms with van der Waals surface area (Å²) in [6.45, 7) is 3.76. The van der Waals surface area contributed by atoms with Gasteiger partial charge in [0, 0.05) is 30.0 Å². The Hall–Kier alpha value is -3.31. The lowest BCUT2D eigenvalue weighted by atomic mass is 9.88. The van der Waals surface area contributed by atoms with E-state index in [2.05, 4.69) is 35.2 Å². The zero-order valence-electron chi connectivity index (χ0n) is 19.2. The molecule has 2 aliphatic heterocycles. The van der Waals surface area contributed by atoms with E-state index in [0.29, 0.717) is 12.5 Å². The van der Waals surface area contributed by atoms with Crippen molar-refractivity contribution in [1.82, 2.24) is 4.90 Å². The molecule has 170 valence electrons. The SMILES string of the molecule is COc1ccccc1C1CCN(Cc2ccc(C(=O)N3CCc4cc(N)ccc43)cc2)CC1. The quantitative estimate of drug-likeness (QED) is 0.575. The third-order valence-electron chi connectivity index (χ3n) is 7.02. The monoisotopic (exact) mass is 441 g/mol. The van der Waals surface area contributed by atoms with Gasteiger partial charge in [-0.1, -0.05) is 30.3 Å². The summed E-state index contributed by atoms with van der Waals surface area (Å²) in [6.07, 6.45) is 3.13. The van der Waals surface area contributed by atoms with Crippen LogP contribution in [0.2, 0.25) is 0 Å². The smallest absolute Gasteiger partial charge is 0.258 e. The molecule has 1 amide bonds. The molecule has 0 saturated carbocycles. The molecule has 2 N–H and O–H groups in total. The highest BCUT2D eigenvalue weighted by atomic mass is 16.5. The molecule has 1 saturated heterocycles. The number of methoxy groups -OCH3 is 1. The van der Waals surface area contributed by atoms with Gasteiger partial charge in [0.15, 0.2) is 0 Å². The first kappa shape index (κ1) is 21.5. The Labute approximate surface area is 195 Å². The number of nitrogen functional groups attached to an aromatic ring is 1. The van der Waals surface area contributed by atoms with Gasteiger partial charge in [-0.2, -0.15) is 0 Å². The first-order valence-electron chi connectivity index (χ1n) is 11.8. The van der Waals surface area contributed by atoms with Gasteiger partial charge in [-0.25, -0.2) is 0 Å². The molecule has 1 fully saturated rings. The zero-order valence-corrected chi connectivity index (χ0v) is 19.2. The fraction of sp³-hybridized carbons (Fsp3) is 0.321. The Bertz CT molecular complexity index is 1130. The van der Waals surface area contributed by atoms with E-state index in [1.54, 1.807) is 7.11 Å². The first-order chi connectivity index (χ1) is 16.1. The standard InChI is InChI=1S/C28H31N3O2/c1-33-27-5-3-2-4-25(27)21-12-15-30(16-13-21)19-20-6-8-22(9-7-20)28(32)31-17-14-23-18-24(29)10-11-26(23)31/h2-11,18,21H,12-17,19,29H2,1H3. The summed E-state index contributed by atoms with van der Waals surface area (Å²) in [7, 11) is 1.75. The molecule has 0 aliphatic carbocycles. The average Bonchev–Trinajstić information content (AvgIpc) is 3.27. The third-order valence-corrected chi connectivity index (χ3v) is 7.02. The normalized spacial score (nSPS) is 16.6.